The van der Waals surface area contributed by atoms with Crippen LogP contribution in [0.25, 0.3) is 118 Å². The van der Waals surface area contributed by atoms with E-state index in [0.29, 0.717) is 23.3 Å². The van der Waals surface area contributed by atoms with Crippen LogP contribution in [0.4, 0.5) is 34.1 Å². The second-order valence-electron chi connectivity index (χ2n) is 25.9. The van der Waals surface area contributed by atoms with Crippen LogP contribution in [-0.2, 0) is 5.41 Å². The van der Waals surface area contributed by atoms with Gasteiger partial charge in [-0.05, 0) is 135 Å². The van der Waals surface area contributed by atoms with Crippen molar-refractivity contribution >= 4 is 79.0 Å². The molecular weight excluding hydrogens is 1180 g/mol. The molecule has 0 saturated heterocycles. The third-order valence-corrected chi connectivity index (χ3v) is 20.0. The van der Waals surface area contributed by atoms with Crippen LogP contribution < -0.4 is 26.2 Å². The van der Waals surface area contributed by atoms with Crippen LogP contribution in [0.2, 0.25) is 0 Å². The molecule has 3 aliphatic rings. The molecule has 0 atom stereocenters. The molecule has 0 amide bonds. The van der Waals surface area contributed by atoms with E-state index in [4.69, 9.17) is 24.9 Å². The normalized spacial score (nSPS) is 13.1. The van der Waals surface area contributed by atoms with E-state index in [1.54, 1.807) is 0 Å². The average molecular weight is 1240 g/mol. The summed E-state index contributed by atoms with van der Waals surface area (Å²) in [7, 11) is 0. The summed E-state index contributed by atoms with van der Waals surface area (Å²) < 4.78 is 2.42. The molecular formula is C88H59BN8. The van der Waals surface area contributed by atoms with Gasteiger partial charge in [0, 0.05) is 83.7 Å². The van der Waals surface area contributed by atoms with Crippen molar-refractivity contribution in [3.8, 4) is 96.0 Å². The van der Waals surface area contributed by atoms with Gasteiger partial charge in [0.25, 0.3) is 6.71 Å². The first kappa shape index (κ1) is 56.0. The molecule has 0 fully saturated rings. The molecule has 3 aromatic heterocycles. The maximum absolute atomic E-state index is 5.61. The van der Waals surface area contributed by atoms with Gasteiger partial charge in [-0.25, -0.2) is 24.9 Å². The Morgan fingerprint density at radius 1 is 0.278 bits per heavy atom. The summed E-state index contributed by atoms with van der Waals surface area (Å²) in [4.78, 5) is 32.0. The zero-order chi connectivity index (χ0) is 64.3. The summed E-state index contributed by atoms with van der Waals surface area (Å²) in [5.41, 5.74) is 28.0. The Labute approximate surface area is 562 Å². The summed E-state index contributed by atoms with van der Waals surface area (Å²) in [6, 6.07) is 115. The number of aromatic nitrogens is 6. The molecule has 16 aromatic rings. The van der Waals surface area contributed by atoms with Crippen molar-refractivity contribution in [2.24, 2.45) is 0 Å². The standard InChI is InChI=1S/C88H59BN8/c1-88(2)70-37-17-15-35-65(70)67-53-68-66-36-16-20-40-76(66)97(82(68)54-71(67)88)77-50-49-62(75-55-74(57-25-7-3-8-26-57)90-84(91-75)58-27-9-4-10-28-58)52-69(77)87-93-85(59-29-11-5-12-30-59)92-86(94-87)60-47-45-56(46-48-60)61-31-23-34-64(51-61)96-79-42-22-19-39-73(79)89-72-38-18-21-41-78(72)95(63-32-13-6-14-33-63)80-43-24-44-81(96)83(80)89/h3-55H,1-2H3. The van der Waals surface area contributed by atoms with Crippen molar-refractivity contribution in [2.75, 3.05) is 9.80 Å². The quantitative estimate of drug-likeness (QED) is 0.126. The van der Waals surface area contributed by atoms with Crippen LogP contribution in [0.1, 0.15) is 25.0 Å². The Morgan fingerprint density at radius 3 is 1.46 bits per heavy atom. The molecule has 0 saturated carbocycles. The molecule has 0 spiro atoms. The van der Waals surface area contributed by atoms with Crippen molar-refractivity contribution in [1.82, 2.24) is 29.5 Å². The molecule has 5 heterocycles. The first-order chi connectivity index (χ1) is 47.9. The van der Waals surface area contributed by atoms with E-state index in [1.807, 2.05) is 42.5 Å². The lowest BCUT2D eigenvalue weighted by molar-refractivity contribution is 0.661. The monoisotopic (exact) mass is 1240 g/mol. The number of rotatable bonds is 10. The van der Waals surface area contributed by atoms with Crippen molar-refractivity contribution in [3.05, 3.63) is 333 Å². The average Bonchev–Trinajstić information content (AvgIpc) is 1.55. The molecule has 0 unspecified atom stereocenters. The number of anilines is 6. The van der Waals surface area contributed by atoms with Gasteiger partial charge in [-0.1, -0.05) is 250 Å². The van der Waals surface area contributed by atoms with Crippen LogP contribution in [-0.4, -0.2) is 36.2 Å². The highest BCUT2D eigenvalue weighted by molar-refractivity contribution is 7.00. The molecule has 0 N–H and O–H groups in total. The Kier molecular flexibility index (Phi) is 12.9. The third-order valence-electron chi connectivity index (χ3n) is 20.0. The van der Waals surface area contributed by atoms with Crippen molar-refractivity contribution in [1.29, 1.82) is 0 Å². The highest BCUT2D eigenvalue weighted by Crippen LogP contribution is 2.52. The van der Waals surface area contributed by atoms with Gasteiger partial charge in [0.1, 0.15) is 0 Å². The summed E-state index contributed by atoms with van der Waals surface area (Å²) in [5.74, 6) is 2.29. The summed E-state index contributed by atoms with van der Waals surface area (Å²) >= 11 is 0. The van der Waals surface area contributed by atoms with Gasteiger partial charge in [0.05, 0.1) is 28.1 Å². The highest BCUT2D eigenvalue weighted by Gasteiger charge is 2.43. The topological polar surface area (TPSA) is 75.9 Å². The fourth-order valence-corrected chi connectivity index (χ4v) is 15.5. The summed E-state index contributed by atoms with van der Waals surface area (Å²) in [6.45, 7) is 4.76. The Hall–Kier alpha value is -12.6. The Morgan fingerprint density at radius 2 is 0.773 bits per heavy atom. The van der Waals surface area contributed by atoms with Gasteiger partial charge in [0.15, 0.2) is 23.3 Å². The lowest BCUT2D eigenvalue weighted by Crippen LogP contribution is -2.61. The van der Waals surface area contributed by atoms with E-state index >= 15 is 0 Å². The lowest BCUT2D eigenvalue weighted by Gasteiger charge is -2.44. The number of hydrogen-bond acceptors (Lipinski definition) is 7. The number of para-hydroxylation sites is 4. The van der Waals surface area contributed by atoms with Crippen LogP contribution in [0, 0.1) is 0 Å². The lowest BCUT2D eigenvalue weighted by atomic mass is 9.33. The molecule has 0 radical (unpaired) electrons. The smallest absolute Gasteiger partial charge is 0.252 e. The zero-order valence-corrected chi connectivity index (χ0v) is 53.3. The minimum atomic E-state index is -0.231. The highest BCUT2D eigenvalue weighted by atomic mass is 15.2. The van der Waals surface area contributed by atoms with Gasteiger partial charge < -0.3 is 14.4 Å². The fourth-order valence-electron chi connectivity index (χ4n) is 15.5. The minimum Gasteiger partial charge on any atom is -0.311 e. The molecule has 454 valence electrons. The van der Waals surface area contributed by atoms with E-state index in [-0.39, 0.29) is 12.1 Å². The maximum atomic E-state index is 5.61. The number of nitrogens with zero attached hydrogens (tertiary/aromatic N) is 8. The summed E-state index contributed by atoms with van der Waals surface area (Å²) in [6.07, 6.45) is 0. The molecule has 1 aliphatic carbocycles. The van der Waals surface area contributed by atoms with Crippen LogP contribution in [0.15, 0.2) is 322 Å². The van der Waals surface area contributed by atoms with Crippen LogP contribution in [0.5, 0.6) is 0 Å². The summed E-state index contributed by atoms with van der Waals surface area (Å²) in [5, 5.41) is 2.34. The molecule has 8 nitrogen and oxygen atoms in total. The second-order valence-corrected chi connectivity index (χ2v) is 25.9. The molecule has 9 heteroatoms. The SMILES string of the molecule is CC1(C)c2ccccc2-c2cc3c4ccccc4n(-c4ccc(-c5cc(-c6ccccc6)nc(-c6ccccc6)n5)cc4-c4nc(-c5ccccc5)nc(-c5ccc(-c6cccc(N7c8ccccc8B8c9ccccc9N(c9ccccc9)c9cccc7c98)c6)cc5)n4)c3cc21. The fraction of sp³-hybridized carbons (Fsp3) is 0.0341. The molecule has 19 rings (SSSR count). The second kappa shape index (κ2) is 22.3. The zero-order valence-electron chi connectivity index (χ0n) is 53.3. The van der Waals surface area contributed by atoms with Crippen LogP contribution in [0.3, 0.4) is 0 Å². The predicted molar refractivity (Wildman–Crippen MR) is 399 cm³/mol. The van der Waals surface area contributed by atoms with E-state index in [9.17, 15) is 0 Å². The van der Waals surface area contributed by atoms with Gasteiger partial charge in [-0.3, -0.25) is 0 Å². The number of hydrogen-bond donors (Lipinski definition) is 0. The maximum Gasteiger partial charge on any atom is 0.252 e. The van der Waals surface area contributed by atoms with Crippen LogP contribution >= 0.6 is 0 Å². The first-order valence-electron chi connectivity index (χ1n) is 33.2. The molecule has 2 aliphatic heterocycles. The predicted octanol–water partition coefficient (Wildman–Crippen LogP) is 19.8. The van der Waals surface area contributed by atoms with Crippen molar-refractivity contribution in [3.63, 3.8) is 0 Å². The molecule has 13 aromatic carbocycles. The number of fused-ring (bicyclic) bond motifs is 10. The Balaban J connectivity index is 0.771. The van der Waals surface area contributed by atoms with Gasteiger partial charge in [-0.2, -0.15) is 0 Å². The first-order valence-corrected chi connectivity index (χ1v) is 33.2. The van der Waals surface area contributed by atoms with E-state index in [1.165, 1.54) is 66.8 Å². The van der Waals surface area contributed by atoms with Gasteiger partial charge in [0.2, 0.25) is 0 Å². The van der Waals surface area contributed by atoms with E-state index < -0.39 is 0 Å². The largest absolute Gasteiger partial charge is 0.311 e. The van der Waals surface area contributed by atoms with E-state index in [2.05, 4.69) is 307 Å². The van der Waals surface area contributed by atoms with Crippen molar-refractivity contribution < 1.29 is 0 Å². The molecule has 0 bridgehead atoms. The van der Waals surface area contributed by atoms with Gasteiger partial charge in [-0.15, -0.1) is 0 Å². The third kappa shape index (κ3) is 9.11. The van der Waals surface area contributed by atoms with Gasteiger partial charge >= 0.3 is 0 Å². The Bertz CT molecular complexity index is 5760. The number of benzene rings is 13. The van der Waals surface area contributed by atoms with Crippen molar-refractivity contribution in [2.45, 2.75) is 19.3 Å². The molecule has 97 heavy (non-hydrogen) atoms. The van der Waals surface area contributed by atoms with E-state index in [0.717, 1.165) is 89.4 Å². The minimum absolute atomic E-state index is 0.0555.